The minimum atomic E-state index is -0.241. The molecule has 0 amide bonds. The van der Waals surface area contributed by atoms with Crippen molar-refractivity contribution in [1.82, 2.24) is 4.98 Å². The molecule has 0 radical (unpaired) electrons. The lowest BCUT2D eigenvalue weighted by molar-refractivity contribution is 0.621. The van der Waals surface area contributed by atoms with Gasteiger partial charge in [-0.1, -0.05) is 22.0 Å². The van der Waals surface area contributed by atoms with E-state index in [0.717, 1.165) is 27.2 Å². The van der Waals surface area contributed by atoms with E-state index < -0.39 is 0 Å². The van der Waals surface area contributed by atoms with Gasteiger partial charge in [-0.15, -0.1) is 11.3 Å². The molecule has 2 nitrogen and oxygen atoms in total. The molecule has 0 saturated heterocycles. The van der Waals surface area contributed by atoms with Crippen LogP contribution in [0.15, 0.2) is 28.1 Å². The number of thiazole rings is 1. The second-order valence-electron chi connectivity index (χ2n) is 4.29. The largest absolute Gasteiger partial charge is 0.327 e. The quantitative estimate of drug-likeness (QED) is 0.933. The molecule has 2 N–H and O–H groups in total. The van der Waals surface area contributed by atoms with Gasteiger partial charge >= 0.3 is 0 Å². The third kappa shape index (κ3) is 3.60. The van der Waals surface area contributed by atoms with Crippen LogP contribution >= 0.6 is 27.3 Å². The molecule has 1 aromatic carbocycles. The average molecular weight is 329 g/mol. The summed E-state index contributed by atoms with van der Waals surface area (Å²) < 4.78 is 13.7. The van der Waals surface area contributed by atoms with Crippen molar-refractivity contribution in [2.24, 2.45) is 5.73 Å². The van der Waals surface area contributed by atoms with E-state index in [1.165, 1.54) is 12.1 Å². The summed E-state index contributed by atoms with van der Waals surface area (Å²) in [4.78, 5) is 4.40. The second kappa shape index (κ2) is 5.91. The first-order chi connectivity index (χ1) is 8.54. The molecule has 1 atom stereocenters. The summed E-state index contributed by atoms with van der Waals surface area (Å²) in [5, 5.41) is 3.08. The molecule has 1 unspecified atom stereocenters. The summed E-state index contributed by atoms with van der Waals surface area (Å²) in [7, 11) is 0. The Kier molecular flexibility index (Phi) is 4.48. The second-order valence-corrected chi connectivity index (χ2v) is 6.08. The molecule has 0 aliphatic rings. The number of hydrogen-bond donors (Lipinski definition) is 1. The Bertz CT molecular complexity index is 542. The van der Waals surface area contributed by atoms with Gasteiger partial charge in [-0.25, -0.2) is 9.37 Å². The SMILES string of the molecule is Cc1csc(CC(N)Cc2ccc(F)cc2Br)n1. The first-order valence-corrected chi connectivity index (χ1v) is 7.32. The van der Waals surface area contributed by atoms with Crippen LogP contribution in [0.4, 0.5) is 4.39 Å². The van der Waals surface area contributed by atoms with Gasteiger partial charge in [-0.3, -0.25) is 0 Å². The number of benzene rings is 1. The maximum Gasteiger partial charge on any atom is 0.124 e. The highest BCUT2D eigenvalue weighted by Crippen LogP contribution is 2.20. The molecule has 0 spiro atoms. The molecule has 18 heavy (non-hydrogen) atoms. The third-order valence-corrected chi connectivity index (χ3v) is 4.33. The lowest BCUT2D eigenvalue weighted by Crippen LogP contribution is -2.25. The average Bonchev–Trinajstić information content (AvgIpc) is 2.68. The molecule has 0 saturated carbocycles. The van der Waals surface area contributed by atoms with Gasteiger partial charge in [0.15, 0.2) is 0 Å². The van der Waals surface area contributed by atoms with E-state index in [0.29, 0.717) is 6.42 Å². The normalized spacial score (nSPS) is 12.7. The summed E-state index contributed by atoms with van der Waals surface area (Å²) in [5.74, 6) is -0.241. The molecule has 0 fully saturated rings. The Labute approximate surface area is 118 Å². The predicted molar refractivity (Wildman–Crippen MR) is 76.3 cm³/mol. The Hall–Kier alpha value is -0.780. The zero-order valence-electron chi connectivity index (χ0n) is 9.99. The topological polar surface area (TPSA) is 38.9 Å². The number of aryl methyl sites for hydroxylation is 1. The summed E-state index contributed by atoms with van der Waals surface area (Å²) >= 11 is 4.99. The highest BCUT2D eigenvalue weighted by molar-refractivity contribution is 9.10. The Morgan fingerprint density at radius 3 is 2.83 bits per heavy atom. The van der Waals surface area contributed by atoms with Crippen LogP contribution in [0.3, 0.4) is 0 Å². The maximum absolute atomic E-state index is 13.0. The Balaban J connectivity index is 2.00. The van der Waals surface area contributed by atoms with Crippen LogP contribution in [0.1, 0.15) is 16.3 Å². The van der Waals surface area contributed by atoms with Gasteiger partial charge in [-0.05, 0) is 31.0 Å². The Morgan fingerprint density at radius 2 is 2.22 bits per heavy atom. The summed E-state index contributed by atoms with van der Waals surface area (Å²) in [5.41, 5.74) is 8.16. The van der Waals surface area contributed by atoms with Crippen molar-refractivity contribution in [1.29, 1.82) is 0 Å². The molecule has 0 aliphatic heterocycles. The molecule has 2 rings (SSSR count). The first kappa shape index (κ1) is 13.6. The van der Waals surface area contributed by atoms with Crippen molar-refractivity contribution in [2.45, 2.75) is 25.8 Å². The lowest BCUT2D eigenvalue weighted by atomic mass is 10.0. The molecule has 2 aromatic rings. The van der Waals surface area contributed by atoms with Crippen LogP contribution in [0.2, 0.25) is 0 Å². The number of aromatic nitrogens is 1. The lowest BCUT2D eigenvalue weighted by Gasteiger charge is -2.11. The van der Waals surface area contributed by atoms with Gasteiger partial charge in [0.05, 0.1) is 5.01 Å². The Morgan fingerprint density at radius 1 is 1.44 bits per heavy atom. The van der Waals surface area contributed by atoms with E-state index in [1.54, 1.807) is 17.4 Å². The standard InChI is InChI=1S/C13H14BrFN2S/c1-8-7-18-13(17-8)6-11(16)4-9-2-3-10(15)5-12(9)14/h2-3,5,7,11H,4,6,16H2,1H3. The number of nitrogens with two attached hydrogens (primary N) is 1. The van der Waals surface area contributed by atoms with Gasteiger partial charge in [0.1, 0.15) is 5.82 Å². The number of nitrogens with zero attached hydrogens (tertiary/aromatic N) is 1. The van der Waals surface area contributed by atoms with Crippen molar-refractivity contribution in [3.05, 3.63) is 50.1 Å². The van der Waals surface area contributed by atoms with Gasteiger partial charge in [-0.2, -0.15) is 0 Å². The van der Waals surface area contributed by atoms with E-state index in [9.17, 15) is 4.39 Å². The number of hydrogen-bond acceptors (Lipinski definition) is 3. The fourth-order valence-electron chi connectivity index (χ4n) is 1.76. The highest BCUT2D eigenvalue weighted by atomic mass is 79.9. The van der Waals surface area contributed by atoms with E-state index in [-0.39, 0.29) is 11.9 Å². The number of halogens is 2. The summed E-state index contributed by atoms with van der Waals surface area (Å²) in [6.07, 6.45) is 1.46. The van der Waals surface area contributed by atoms with Crippen molar-refractivity contribution in [3.63, 3.8) is 0 Å². The molecule has 0 bridgehead atoms. The minimum Gasteiger partial charge on any atom is -0.327 e. The maximum atomic E-state index is 13.0. The fourth-order valence-corrected chi connectivity index (χ4v) is 3.14. The van der Waals surface area contributed by atoms with Gasteiger partial charge < -0.3 is 5.73 Å². The van der Waals surface area contributed by atoms with E-state index in [2.05, 4.69) is 20.9 Å². The van der Waals surface area contributed by atoms with Gasteiger partial charge in [0.2, 0.25) is 0 Å². The molecular weight excluding hydrogens is 315 g/mol. The minimum absolute atomic E-state index is 0.00249. The molecule has 5 heteroatoms. The van der Waals surface area contributed by atoms with Crippen molar-refractivity contribution in [2.75, 3.05) is 0 Å². The van der Waals surface area contributed by atoms with Crippen molar-refractivity contribution in [3.8, 4) is 0 Å². The predicted octanol–water partition coefficient (Wildman–Crippen LogP) is 3.47. The van der Waals surface area contributed by atoms with Crippen LogP contribution < -0.4 is 5.73 Å². The van der Waals surface area contributed by atoms with E-state index in [4.69, 9.17) is 5.73 Å². The van der Waals surface area contributed by atoms with Crippen molar-refractivity contribution >= 4 is 27.3 Å². The van der Waals surface area contributed by atoms with Crippen LogP contribution in [-0.2, 0) is 12.8 Å². The summed E-state index contributed by atoms with van der Waals surface area (Å²) in [6, 6.07) is 4.69. The van der Waals surface area contributed by atoms with Crippen molar-refractivity contribution < 1.29 is 4.39 Å². The van der Waals surface area contributed by atoms with E-state index >= 15 is 0 Å². The molecule has 0 aliphatic carbocycles. The van der Waals surface area contributed by atoms with Gasteiger partial charge in [0.25, 0.3) is 0 Å². The van der Waals surface area contributed by atoms with Crippen LogP contribution in [0.25, 0.3) is 0 Å². The zero-order chi connectivity index (χ0) is 13.1. The smallest absolute Gasteiger partial charge is 0.124 e. The monoisotopic (exact) mass is 328 g/mol. The molecule has 1 heterocycles. The van der Waals surface area contributed by atoms with Crippen LogP contribution in [-0.4, -0.2) is 11.0 Å². The fraction of sp³-hybridized carbons (Fsp3) is 0.308. The molecular formula is C13H14BrFN2S. The van der Waals surface area contributed by atoms with Gasteiger partial charge in [0, 0.05) is 28.0 Å². The summed E-state index contributed by atoms with van der Waals surface area (Å²) in [6.45, 7) is 1.97. The highest BCUT2D eigenvalue weighted by Gasteiger charge is 2.10. The number of rotatable bonds is 4. The van der Waals surface area contributed by atoms with E-state index in [1.807, 2.05) is 12.3 Å². The molecule has 96 valence electrons. The van der Waals surface area contributed by atoms with Crippen LogP contribution in [0, 0.1) is 12.7 Å². The first-order valence-electron chi connectivity index (χ1n) is 5.65. The third-order valence-electron chi connectivity index (χ3n) is 2.60. The van der Waals surface area contributed by atoms with Crippen LogP contribution in [0.5, 0.6) is 0 Å². The zero-order valence-corrected chi connectivity index (χ0v) is 12.4. The molecule has 1 aromatic heterocycles.